The van der Waals surface area contributed by atoms with Crippen molar-refractivity contribution >= 4 is 5.97 Å². The molecule has 0 saturated carbocycles. The van der Waals surface area contributed by atoms with Gasteiger partial charge in [0.1, 0.15) is 0 Å². The second-order valence-corrected chi connectivity index (χ2v) is 2.58. The Labute approximate surface area is 77.0 Å². The summed E-state index contributed by atoms with van der Waals surface area (Å²) >= 11 is 0. The number of carbonyl (C=O) groups excluding carboxylic acids is 1. The lowest BCUT2D eigenvalue weighted by Gasteiger charge is -2.01. The second-order valence-electron chi connectivity index (χ2n) is 2.58. The van der Waals surface area contributed by atoms with E-state index in [9.17, 15) is 4.79 Å². The number of unbranched alkanes of at least 4 members (excludes halogenated alkanes) is 1. The van der Waals surface area contributed by atoms with Crippen LogP contribution in [0.15, 0.2) is 18.6 Å². The van der Waals surface area contributed by atoms with Gasteiger partial charge < -0.3 is 4.74 Å². The maximum atomic E-state index is 11.2. The lowest BCUT2D eigenvalue weighted by Crippen LogP contribution is -2.08. The number of nitrogens with zero attached hydrogens (tertiary/aromatic N) is 2. The first-order chi connectivity index (χ1) is 6.34. The molecule has 0 aliphatic heterocycles. The van der Waals surface area contributed by atoms with Crippen LogP contribution in [0.3, 0.4) is 0 Å². The minimum absolute atomic E-state index is 0.263. The molecule has 0 amide bonds. The molecule has 1 heterocycles. The largest absolute Gasteiger partial charge is 0.461 e. The van der Waals surface area contributed by atoms with Crippen molar-refractivity contribution in [1.82, 2.24) is 9.97 Å². The van der Waals surface area contributed by atoms with Crippen LogP contribution in [0, 0.1) is 0 Å². The van der Waals surface area contributed by atoms with Crippen molar-refractivity contribution in [2.45, 2.75) is 19.8 Å². The molecule has 0 aliphatic rings. The van der Waals surface area contributed by atoms with Gasteiger partial charge in [0.15, 0.2) is 5.69 Å². The highest BCUT2D eigenvalue weighted by atomic mass is 16.5. The van der Waals surface area contributed by atoms with E-state index in [-0.39, 0.29) is 5.69 Å². The van der Waals surface area contributed by atoms with Crippen molar-refractivity contribution in [2.75, 3.05) is 6.61 Å². The van der Waals surface area contributed by atoms with Crippen LogP contribution < -0.4 is 0 Å². The molecule has 0 radical (unpaired) electrons. The smallest absolute Gasteiger partial charge is 0.358 e. The van der Waals surface area contributed by atoms with Crippen molar-refractivity contribution in [3.05, 3.63) is 24.3 Å². The number of aromatic nitrogens is 2. The van der Waals surface area contributed by atoms with Gasteiger partial charge in [-0.3, -0.25) is 4.98 Å². The fourth-order valence-corrected chi connectivity index (χ4v) is 0.788. The van der Waals surface area contributed by atoms with E-state index in [1.165, 1.54) is 18.6 Å². The van der Waals surface area contributed by atoms with Crippen molar-refractivity contribution in [3.63, 3.8) is 0 Å². The minimum atomic E-state index is -0.401. The lowest BCUT2D eigenvalue weighted by atomic mass is 10.4. The van der Waals surface area contributed by atoms with Gasteiger partial charge in [-0.05, 0) is 6.42 Å². The standard InChI is InChI=1S/C9H12N2O2/c1-2-3-6-13-9(12)8-7-10-4-5-11-8/h4-5,7H,2-3,6H2,1H3. The fourth-order valence-electron chi connectivity index (χ4n) is 0.788. The zero-order valence-corrected chi connectivity index (χ0v) is 7.56. The van der Waals surface area contributed by atoms with Crippen LogP contribution in [0.1, 0.15) is 30.3 Å². The molecular formula is C9H12N2O2. The molecular weight excluding hydrogens is 168 g/mol. The average Bonchev–Trinajstić information content (AvgIpc) is 2.19. The third-order valence-electron chi connectivity index (χ3n) is 1.50. The van der Waals surface area contributed by atoms with E-state index in [1.807, 2.05) is 6.92 Å². The van der Waals surface area contributed by atoms with E-state index < -0.39 is 5.97 Å². The van der Waals surface area contributed by atoms with E-state index in [0.29, 0.717) is 6.61 Å². The summed E-state index contributed by atoms with van der Waals surface area (Å²) in [6, 6.07) is 0. The summed E-state index contributed by atoms with van der Waals surface area (Å²) in [6.07, 6.45) is 6.27. The Bertz CT molecular complexity index is 262. The highest BCUT2D eigenvalue weighted by Crippen LogP contribution is 1.96. The summed E-state index contributed by atoms with van der Waals surface area (Å²) in [5.74, 6) is -0.401. The highest BCUT2D eigenvalue weighted by molar-refractivity contribution is 5.86. The predicted molar refractivity (Wildman–Crippen MR) is 47.2 cm³/mol. The van der Waals surface area contributed by atoms with E-state index >= 15 is 0 Å². The molecule has 0 aromatic carbocycles. The second kappa shape index (κ2) is 5.24. The molecule has 0 saturated heterocycles. The van der Waals surface area contributed by atoms with E-state index in [1.54, 1.807) is 0 Å². The van der Waals surface area contributed by atoms with Gasteiger partial charge in [-0.15, -0.1) is 0 Å². The Kier molecular flexibility index (Phi) is 3.88. The molecule has 1 rings (SSSR count). The number of hydrogen-bond donors (Lipinski definition) is 0. The summed E-state index contributed by atoms with van der Waals surface area (Å²) in [4.78, 5) is 18.8. The minimum Gasteiger partial charge on any atom is -0.461 e. The number of rotatable bonds is 4. The van der Waals surface area contributed by atoms with Crippen LogP contribution in [-0.2, 0) is 4.74 Å². The Morgan fingerprint density at radius 3 is 3.00 bits per heavy atom. The summed E-state index contributed by atoms with van der Waals surface area (Å²) < 4.78 is 4.93. The van der Waals surface area contributed by atoms with Crippen molar-refractivity contribution in [2.24, 2.45) is 0 Å². The van der Waals surface area contributed by atoms with Gasteiger partial charge in [0, 0.05) is 12.4 Å². The zero-order chi connectivity index (χ0) is 9.52. The van der Waals surface area contributed by atoms with Crippen LogP contribution in [0.4, 0.5) is 0 Å². The molecule has 1 aromatic rings. The monoisotopic (exact) mass is 180 g/mol. The molecule has 0 spiro atoms. The maximum Gasteiger partial charge on any atom is 0.358 e. The first kappa shape index (κ1) is 9.64. The summed E-state index contributed by atoms with van der Waals surface area (Å²) in [6.45, 7) is 2.49. The fraction of sp³-hybridized carbons (Fsp3) is 0.444. The molecule has 0 N–H and O–H groups in total. The van der Waals surface area contributed by atoms with Gasteiger partial charge in [0.25, 0.3) is 0 Å². The van der Waals surface area contributed by atoms with Gasteiger partial charge in [-0.2, -0.15) is 0 Å². The van der Waals surface area contributed by atoms with E-state index in [2.05, 4.69) is 9.97 Å². The zero-order valence-electron chi connectivity index (χ0n) is 7.56. The van der Waals surface area contributed by atoms with Crippen LogP contribution >= 0.6 is 0 Å². The van der Waals surface area contributed by atoms with Gasteiger partial charge in [0.2, 0.25) is 0 Å². The van der Waals surface area contributed by atoms with Crippen molar-refractivity contribution in [3.8, 4) is 0 Å². The third-order valence-corrected chi connectivity index (χ3v) is 1.50. The SMILES string of the molecule is CCCCOC(=O)c1cnccn1. The van der Waals surface area contributed by atoms with Crippen molar-refractivity contribution in [1.29, 1.82) is 0 Å². The van der Waals surface area contributed by atoms with Gasteiger partial charge in [-0.1, -0.05) is 13.3 Å². The molecule has 0 bridgehead atoms. The summed E-state index contributed by atoms with van der Waals surface area (Å²) in [5, 5.41) is 0. The molecule has 0 aliphatic carbocycles. The molecule has 4 nitrogen and oxygen atoms in total. The molecule has 70 valence electrons. The van der Waals surface area contributed by atoms with Gasteiger partial charge in [0.05, 0.1) is 12.8 Å². The Morgan fingerprint density at radius 2 is 2.38 bits per heavy atom. The molecule has 1 aromatic heterocycles. The Hall–Kier alpha value is -1.45. The third kappa shape index (κ3) is 3.19. The highest BCUT2D eigenvalue weighted by Gasteiger charge is 2.06. The molecule has 0 unspecified atom stereocenters. The number of esters is 1. The van der Waals surface area contributed by atoms with Gasteiger partial charge >= 0.3 is 5.97 Å². The summed E-state index contributed by atoms with van der Waals surface area (Å²) in [7, 11) is 0. The molecule has 0 fully saturated rings. The Balaban J connectivity index is 2.40. The van der Waals surface area contributed by atoms with E-state index in [0.717, 1.165) is 12.8 Å². The van der Waals surface area contributed by atoms with Crippen molar-refractivity contribution < 1.29 is 9.53 Å². The average molecular weight is 180 g/mol. The van der Waals surface area contributed by atoms with Crippen LogP contribution in [-0.4, -0.2) is 22.5 Å². The Morgan fingerprint density at radius 1 is 1.54 bits per heavy atom. The maximum absolute atomic E-state index is 11.2. The van der Waals surface area contributed by atoms with Crippen LogP contribution in [0.25, 0.3) is 0 Å². The number of carbonyl (C=O) groups is 1. The molecule has 13 heavy (non-hydrogen) atoms. The summed E-state index contributed by atoms with van der Waals surface area (Å²) in [5.41, 5.74) is 0.263. The number of ether oxygens (including phenoxy) is 1. The molecule has 4 heteroatoms. The lowest BCUT2D eigenvalue weighted by molar-refractivity contribution is 0.0492. The van der Waals surface area contributed by atoms with Gasteiger partial charge in [-0.25, -0.2) is 9.78 Å². The van der Waals surface area contributed by atoms with E-state index in [4.69, 9.17) is 4.74 Å². The normalized spacial score (nSPS) is 9.62. The van der Waals surface area contributed by atoms with Crippen LogP contribution in [0.2, 0.25) is 0 Å². The predicted octanol–water partition coefficient (Wildman–Crippen LogP) is 1.43. The molecule has 0 atom stereocenters. The first-order valence-corrected chi connectivity index (χ1v) is 4.27. The quantitative estimate of drug-likeness (QED) is 0.519. The first-order valence-electron chi connectivity index (χ1n) is 4.27. The number of hydrogen-bond acceptors (Lipinski definition) is 4. The topological polar surface area (TPSA) is 52.1 Å². The van der Waals surface area contributed by atoms with Crippen LogP contribution in [0.5, 0.6) is 0 Å².